The van der Waals surface area contributed by atoms with E-state index in [1.165, 1.54) is 0 Å². The molecule has 0 saturated heterocycles. The molecule has 2 aliphatic rings. The average Bonchev–Trinajstić information content (AvgIpc) is 2.89. The molecule has 0 aliphatic heterocycles. The fourth-order valence-electron chi connectivity index (χ4n) is 6.52. The Kier molecular flexibility index (Phi) is 7.98. The predicted octanol–water partition coefficient (Wildman–Crippen LogP) is 3.96. The molecule has 7 nitrogen and oxygen atoms in total. The van der Waals surface area contributed by atoms with E-state index in [0.717, 1.165) is 37.0 Å². The molecule has 36 heavy (non-hydrogen) atoms. The van der Waals surface area contributed by atoms with Gasteiger partial charge in [0.1, 0.15) is 11.4 Å². The molecule has 2 aromatic rings. The Morgan fingerprint density at radius 1 is 1.17 bits per heavy atom. The molecule has 7 heteroatoms. The smallest absolute Gasteiger partial charge is 0.270 e. The number of carbonyl (C=O) groups is 2. The number of ether oxygens (including phenoxy) is 1. The summed E-state index contributed by atoms with van der Waals surface area (Å²) < 4.78 is 5.19. The van der Waals surface area contributed by atoms with Gasteiger partial charge < -0.3 is 20.5 Å². The number of carbonyl (C=O) groups excluding carboxylic acids is 2. The maximum absolute atomic E-state index is 13.1. The zero-order valence-corrected chi connectivity index (χ0v) is 21.7. The molecule has 0 radical (unpaired) electrons. The fraction of sp³-hybridized carbons (Fsp3) is 0.552. The molecule has 1 aromatic carbocycles. The summed E-state index contributed by atoms with van der Waals surface area (Å²) in [7, 11) is 1.63. The largest absolute Gasteiger partial charge is 0.497 e. The van der Waals surface area contributed by atoms with E-state index in [0.29, 0.717) is 12.2 Å². The Labute approximate surface area is 214 Å². The van der Waals surface area contributed by atoms with Gasteiger partial charge in [0.15, 0.2) is 0 Å². The number of benzene rings is 1. The van der Waals surface area contributed by atoms with Gasteiger partial charge in [0.25, 0.3) is 5.91 Å². The van der Waals surface area contributed by atoms with E-state index >= 15 is 0 Å². The Morgan fingerprint density at radius 2 is 1.89 bits per heavy atom. The molecule has 4 rings (SSSR count). The molecule has 1 heterocycles. The van der Waals surface area contributed by atoms with Gasteiger partial charge in [-0.3, -0.25) is 14.6 Å². The Bertz CT molecular complexity index is 1040. The van der Waals surface area contributed by atoms with Crippen LogP contribution in [0, 0.1) is 29.1 Å². The monoisotopic (exact) mass is 493 g/mol. The lowest BCUT2D eigenvalue weighted by molar-refractivity contribution is -0.142. The summed E-state index contributed by atoms with van der Waals surface area (Å²) in [6.45, 7) is 6.76. The molecule has 3 N–H and O–H groups in total. The molecule has 0 bridgehead atoms. The third kappa shape index (κ3) is 5.41. The van der Waals surface area contributed by atoms with Crippen molar-refractivity contribution in [3.63, 3.8) is 0 Å². The summed E-state index contributed by atoms with van der Waals surface area (Å²) in [6.07, 6.45) is 4.63. The second-order valence-corrected chi connectivity index (χ2v) is 10.9. The highest BCUT2D eigenvalue weighted by Crippen LogP contribution is 2.55. The topological polar surface area (TPSA) is 101 Å². The lowest BCUT2D eigenvalue weighted by atomic mass is 9.51. The van der Waals surface area contributed by atoms with Gasteiger partial charge >= 0.3 is 0 Å². The van der Waals surface area contributed by atoms with Crippen molar-refractivity contribution < 1.29 is 19.4 Å². The zero-order valence-electron chi connectivity index (χ0n) is 21.7. The van der Waals surface area contributed by atoms with Crippen LogP contribution in [0.15, 0.2) is 48.7 Å². The van der Waals surface area contributed by atoms with E-state index in [2.05, 4.69) is 29.5 Å². The SMILES string of the molecule is COc1ccc(CNC(=O)[C@@H](C)C2CC[C@@]3(C)CC[C@H](NC(=O)c4ccccn4)[C@@H](C)[C@@H]3[C@H]2O)cc1. The lowest BCUT2D eigenvalue weighted by Crippen LogP contribution is -2.58. The van der Waals surface area contributed by atoms with Gasteiger partial charge in [0.2, 0.25) is 5.91 Å². The van der Waals surface area contributed by atoms with Crippen molar-refractivity contribution in [2.75, 3.05) is 7.11 Å². The van der Waals surface area contributed by atoms with Crippen molar-refractivity contribution in [3.8, 4) is 5.75 Å². The summed E-state index contributed by atoms with van der Waals surface area (Å²) in [5.74, 6) is 0.235. The minimum absolute atomic E-state index is 0.000842. The van der Waals surface area contributed by atoms with Gasteiger partial charge in [-0.25, -0.2) is 0 Å². The highest BCUT2D eigenvalue weighted by atomic mass is 16.5. The fourth-order valence-corrected chi connectivity index (χ4v) is 6.52. The first kappa shape index (κ1) is 26.1. The van der Waals surface area contributed by atoms with Crippen LogP contribution >= 0.6 is 0 Å². The molecule has 2 aliphatic carbocycles. The predicted molar refractivity (Wildman–Crippen MR) is 138 cm³/mol. The van der Waals surface area contributed by atoms with Crippen molar-refractivity contribution in [2.45, 2.75) is 65.1 Å². The van der Waals surface area contributed by atoms with Crippen LogP contribution < -0.4 is 15.4 Å². The molecule has 194 valence electrons. The van der Waals surface area contributed by atoms with E-state index in [4.69, 9.17) is 4.74 Å². The average molecular weight is 494 g/mol. The number of hydrogen-bond donors (Lipinski definition) is 3. The Hall–Kier alpha value is -2.93. The second-order valence-electron chi connectivity index (χ2n) is 10.9. The highest BCUT2D eigenvalue weighted by Gasteiger charge is 2.53. The van der Waals surface area contributed by atoms with E-state index in [1.807, 2.05) is 31.2 Å². The minimum atomic E-state index is -0.602. The number of nitrogens with one attached hydrogen (secondary N) is 2. The van der Waals surface area contributed by atoms with Gasteiger partial charge in [0, 0.05) is 24.7 Å². The molecular weight excluding hydrogens is 454 g/mol. The van der Waals surface area contributed by atoms with Crippen LogP contribution in [0.3, 0.4) is 0 Å². The van der Waals surface area contributed by atoms with Gasteiger partial charge in [-0.05, 0) is 78.7 Å². The van der Waals surface area contributed by atoms with Gasteiger partial charge in [-0.2, -0.15) is 0 Å². The first-order valence-corrected chi connectivity index (χ1v) is 13.0. The van der Waals surface area contributed by atoms with Crippen molar-refractivity contribution in [3.05, 3.63) is 59.9 Å². The summed E-state index contributed by atoms with van der Waals surface area (Å²) in [4.78, 5) is 30.0. The molecule has 2 amide bonds. The van der Waals surface area contributed by atoms with E-state index < -0.39 is 6.10 Å². The van der Waals surface area contributed by atoms with Gasteiger partial charge in [-0.15, -0.1) is 0 Å². The molecular formula is C29H39N3O4. The van der Waals surface area contributed by atoms with Crippen molar-refractivity contribution in [1.29, 1.82) is 0 Å². The van der Waals surface area contributed by atoms with Crippen molar-refractivity contribution in [2.24, 2.45) is 29.1 Å². The summed E-state index contributed by atoms with van der Waals surface area (Å²) >= 11 is 0. The normalized spacial score (nSPS) is 30.5. The quantitative estimate of drug-likeness (QED) is 0.542. The number of nitrogens with zero attached hydrogens (tertiary/aromatic N) is 1. The van der Waals surface area contributed by atoms with Gasteiger partial charge in [-0.1, -0.05) is 39.0 Å². The molecule has 0 spiro atoms. The molecule has 2 saturated carbocycles. The minimum Gasteiger partial charge on any atom is -0.497 e. The molecule has 1 aromatic heterocycles. The summed E-state index contributed by atoms with van der Waals surface area (Å²) in [5.41, 5.74) is 1.41. The number of aromatic nitrogens is 1. The molecule has 1 unspecified atom stereocenters. The Morgan fingerprint density at radius 3 is 2.56 bits per heavy atom. The van der Waals surface area contributed by atoms with Crippen LogP contribution in [0.4, 0.5) is 0 Å². The van der Waals surface area contributed by atoms with Crippen molar-refractivity contribution in [1.82, 2.24) is 15.6 Å². The van der Waals surface area contributed by atoms with Crippen molar-refractivity contribution >= 4 is 11.8 Å². The highest BCUT2D eigenvalue weighted by molar-refractivity contribution is 5.92. The number of pyridine rings is 1. The Balaban J connectivity index is 1.40. The molecule has 7 atom stereocenters. The summed E-state index contributed by atoms with van der Waals surface area (Å²) in [6, 6.07) is 12.9. The van der Waals surface area contributed by atoms with Crippen LogP contribution in [-0.2, 0) is 11.3 Å². The number of amides is 2. The number of hydrogen-bond acceptors (Lipinski definition) is 5. The van der Waals surface area contributed by atoms with E-state index in [1.54, 1.807) is 31.5 Å². The lowest BCUT2D eigenvalue weighted by Gasteiger charge is -2.56. The van der Waals surface area contributed by atoms with Crippen LogP contribution in [-0.4, -0.2) is 41.2 Å². The maximum atomic E-state index is 13.1. The second kappa shape index (κ2) is 11.0. The number of rotatable bonds is 7. The number of aliphatic hydroxyl groups is 1. The van der Waals surface area contributed by atoms with Crippen LogP contribution in [0.25, 0.3) is 0 Å². The number of fused-ring (bicyclic) bond motifs is 1. The van der Waals surface area contributed by atoms with Crippen LogP contribution in [0.2, 0.25) is 0 Å². The van der Waals surface area contributed by atoms with Crippen LogP contribution in [0.5, 0.6) is 5.75 Å². The first-order valence-electron chi connectivity index (χ1n) is 13.0. The van der Waals surface area contributed by atoms with Gasteiger partial charge in [0.05, 0.1) is 13.2 Å². The molecule has 2 fully saturated rings. The van der Waals surface area contributed by atoms with E-state index in [9.17, 15) is 14.7 Å². The first-order chi connectivity index (χ1) is 17.2. The zero-order chi connectivity index (χ0) is 25.9. The van der Waals surface area contributed by atoms with Crippen LogP contribution in [0.1, 0.15) is 62.5 Å². The standard InChI is InChI=1S/C29H39N3O4/c1-18(27(34)31-17-20-8-10-21(36-4)11-9-20)22-12-14-29(3)15-13-23(19(2)25(29)26(22)33)32-28(35)24-7-5-6-16-30-24/h5-11,16,18-19,22-23,25-26,33H,12-15,17H2,1-4H3,(H,31,34)(H,32,35)/t18-,19+,22?,23-,25+,26-,29-/m0/s1. The summed E-state index contributed by atoms with van der Waals surface area (Å²) in [5, 5.41) is 17.8. The number of methoxy groups -OCH3 is 1. The number of aliphatic hydroxyl groups excluding tert-OH is 1. The third-order valence-corrected chi connectivity index (χ3v) is 8.78. The third-order valence-electron chi connectivity index (χ3n) is 8.78. The van der Waals surface area contributed by atoms with E-state index in [-0.39, 0.29) is 46.9 Å². The maximum Gasteiger partial charge on any atom is 0.270 e.